The van der Waals surface area contributed by atoms with E-state index in [1.165, 1.54) is 18.2 Å². The molecule has 4 nitrogen and oxygen atoms in total. The van der Waals surface area contributed by atoms with Gasteiger partial charge in [-0.3, -0.25) is 4.98 Å². The van der Waals surface area contributed by atoms with Crippen molar-refractivity contribution in [2.45, 2.75) is 4.90 Å². The largest absolute Gasteiger partial charge is 0.269 e. The molecule has 0 aliphatic rings. The fourth-order valence-electron chi connectivity index (χ4n) is 1.94. The number of halogens is 2. The van der Waals surface area contributed by atoms with Gasteiger partial charge in [-0.2, -0.15) is 0 Å². The van der Waals surface area contributed by atoms with Gasteiger partial charge in [0.15, 0.2) is 0 Å². The first kappa shape index (κ1) is 13.5. The van der Waals surface area contributed by atoms with Gasteiger partial charge in [-0.1, -0.05) is 18.2 Å². The molecule has 0 bridgehead atoms. The lowest BCUT2D eigenvalue weighted by atomic mass is 10.4. The van der Waals surface area contributed by atoms with Gasteiger partial charge in [0.05, 0.1) is 25.8 Å². The molecule has 7 heteroatoms. The second-order valence-electron chi connectivity index (χ2n) is 4.11. The van der Waals surface area contributed by atoms with E-state index in [0.717, 1.165) is 10.2 Å². The summed E-state index contributed by atoms with van der Waals surface area (Å²) in [5, 5.41) is 0. The lowest BCUT2D eigenvalue weighted by Gasteiger charge is -2.08. The fraction of sp³-hybridized carbons (Fsp3) is 0. The summed E-state index contributed by atoms with van der Waals surface area (Å²) >= 11 is 1.90. The number of hydrogen-bond acceptors (Lipinski definition) is 3. The van der Waals surface area contributed by atoms with Crippen LogP contribution in [0.5, 0.6) is 0 Å². The molecule has 0 N–H and O–H groups in total. The average molecular weight is 402 g/mol. The van der Waals surface area contributed by atoms with Crippen LogP contribution in [0.15, 0.2) is 53.6 Å². The van der Waals surface area contributed by atoms with Crippen LogP contribution in [0.3, 0.4) is 0 Å². The summed E-state index contributed by atoms with van der Waals surface area (Å²) < 4.78 is 40.2. The molecule has 2 aromatic heterocycles. The first-order valence-corrected chi connectivity index (χ1v) is 8.15. The molecule has 2 heterocycles. The van der Waals surface area contributed by atoms with Crippen LogP contribution in [0.25, 0.3) is 11.0 Å². The molecule has 0 atom stereocenters. The monoisotopic (exact) mass is 402 g/mol. The van der Waals surface area contributed by atoms with Gasteiger partial charge in [0.2, 0.25) is 0 Å². The molecule has 102 valence electrons. The molecule has 0 spiro atoms. The van der Waals surface area contributed by atoms with Crippen molar-refractivity contribution in [1.29, 1.82) is 0 Å². The van der Waals surface area contributed by atoms with Crippen molar-refractivity contribution < 1.29 is 12.8 Å². The fourth-order valence-corrected chi connectivity index (χ4v) is 4.67. The molecule has 20 heavy (non-hydrogen) atoms. The zero-order valence-electron chi connectivity index (χ0n) is 9.99. The number of benzene rings is 1. The normalized spacial score (nSPS) is 11.9. The lowest BCUT2D eigenvalue weighted by Crippen LogP contribution is -2.14. The van der Waals surface area contributed by atoms with E-state index < -0.39 is 15.8 Å². The minimum atomic E-state index is -3.77. The highest BCUT2D eigenvalue weighted by molar-refractivity contribution is 14.1. The first-order valence-electron chi connectivity index (χ1n) is 5.63. The molecule has 0 radical (unpaired) electrons. The smallest absolute Gasteiger partial charge is 0.252 e. The molecule has 0 unspecified atom stereocenters. The first-order chi connectivity index (χ1) is 9.50. The third-order valence-corrected chi connectivity index (χ3v) is 5.68. The van der Waals surface area contributed by atoms with E-state index in [2.05, 4.69) is 4.98 Å². The minimum absolute atomic E-state index is 0.152. The Morgan fingerprint density at radius 3 is 2.55 bits per heavy atom. The topological polar surface area (TPSA) is 52.0 Å². The Balaban J connectivity index is 2.35. The quantitative estimate of drug-likeness (QED) is 0.620. The van der Waals surface area contributed by atoms with Crippen molar-refractivity contribution in [2.75, 3.05) is 0 Å². The molecular formula is C13H8FIN2O2S. The molecule has 1 aromatic carbocycles. The Bertz CT molecular complexity index is 891. The van der Waals surface area contributed by atoms with Gasteiger partial charge >= 0.3 is 0 Å². The van der Waals surface area contributed by atoms with Crippen LogP contribution < -0.4 is 0 Å². The van der Waals surface area contributed by atoms with Crippen LogP contribution in [0.2, 0.25) is 0 Å². The number of aromatic nitrogens is 2. The van der Waals surface area contributed by atoms with Gasteiger partial charge in [-0.25, -0.2) is 16.8 Å². The van der Waals surface area contributed by atoms with Crippen molar-refractivity contribution in [3.05, 3.63) is 58.2 Å². The van der Waals surface area contributed by atoms with Crippen LogP contribution in [0.1, 0.15) is 0 Å². The van der Waals surface area contributed by atoms with Crippen LogP contribution >= 0.6 is 22.6 Å². The highest BCUT2D eigenvalue weighted by Crippen LogP contribution is 2.25. The number of fused-ring (bicyclic) bond motifs is 1. The predicted molar refractivity (Wildman–Crippen MR) is 81.4 cm³/mol. The molecule has 0 saturated heterocycles. The van der Waals surface area contributed by atoms with Crippen molar-refractivity contribution in [3.63, 3.8) is 0 Å². The van der Waals surface area contributed by atoms with E-state index in [1.807, 2.05) is 22.6 Å². The molecule has 0 saturated carbocycles. The van der Waals surface area contributed by atoms with Gasteiger partial charge in [-0.15, -0.1) is 0 Å². The maximum absolute atomic E-state index is 13.3. The molecule has 3 rings (SSSR count). The summed E-state index contributed by atoms with van der Waals surface area (Å²) in [5.41, 5.74) is 0.675. The molecule has 3 aromatic rings. The third-order valence-electron chi connectivity index (χ3n) is 2.81. The van der Waals surface area contributed by atoms with E-state index in [4.69, 9.17) is 0 Å². The molecule has 0 fully saturated rings. The standard InChI is InChI=1S/C13H8FIN2O2S/c14-9-6-12-11(16-8-9)7-13(15)17(12)20(18,19)10-4-2-1-3-5-10/h1-8H. The summed E-state index contributed by atoms with van der Waals surface area (Å²) in [7, 11) is -3.77. The Hall–Kier alpha value is -1.48. The molecular weight excluding hydrogens is 394 g/mol. The van der Waals surface area contributed by atoms with Crippen molar-refractivity contribution in [2.24, 2.45) is 0 Å². The average Bonchev–Trinajstić information content (AvgIpc) is 2.75. The van der Waals surface area contributed by atoms with Gasteiger partial charge < -0.3 is 0 Å². The number of hydrogen-bond donors (Lipinski definition) is 0. The Labute approximate surface area is 128 Å². The minimum Gasteiger partial charge on any atom is -0.252 e. The SMILES string of the molecule is O=S(=O)(c1ccccc1)n1c(I)cc2ncc(F)cc21. The summed E-state index contributed by atoms with van der Waals surface area (Å²) in [6.45, 7) is 0. The Morgan fingerprint density at radius 2 is 1.85 bits per heavy atom. The highest BCUT2D eigenvalue weighted by atomic mass is 127. The van der Waals surface area contributed by atoms with Crippen molar-refractivity contribution >= 4 is 43.6 Å². The summed E-state index contributed by atoms with van der Waals surface area (Å²) in [4.78, 5) is 4.06. The summed E-state index contributed by atoms with van der Waals surface area (Å²) in [6.07, 6.45) is 1.07. The van der Waals surface area contributed by atoms with E-state index in [1.54, 1.807) is 24.3 Å². The van der Waals surface area contributed by atoms with Crippen LogP contribution in [-0.2, 0) is 10.0 Å². The van der Waals surface area contributed by atoms with E-state index >= 15 is 0 Å². The van der Waals surface area contributed by atoms with Gasteiger partial charge in [0.1, 0.15) is 5.82 Å². The predicted octanol–water partition coefficient (Wildman–Crippen LogP) is 3.02. The second kappa shape index (κ2) is 4.81. The molecule has 0 amide bonds. The van der Waals surface area contributed by atoms with E-state index in [9.17, 15) is 12.8 Å². The maximum atomic E-state index is 13.3. The third kappa shape index (κ3) is 2.10. The van der Waals surface area contributed by atoms with E-state index in [-0.39, 0.29) is 10.4 Å². The van der Waals surface area contributed by atoms with Crippen molar-refractivity contribution in [3.8, 4) is 0 Å². The Kier molecular flexibility index (Phi) is 3.25. The van der Waals surface area contributed by atoms with Crippen molar-refractivity contribution in [1.82, 2.24) is 8.96 Å². The number of pyridine rings is 1. The second-order valence-corrected chi connectivity index (χ2v) is 7.00. The number of nitrogens with zero attached hydrogens (tertiary/aromatic N) is 2. The van der Waals surface area contributed by atoms with Gasteiger partial charge in [-0.05, 0) is 40.8 Å². The number of rotatable bonds is 2. The highest BCUT2D eigenvalue weighted by Gasteiger charge is 2.22. The summed E-state index contributed by atoms with van der Waals surface area (Å²) in [6, 6.07) is 10.8. The zero-order chi connectivity index (χ0) is 14.3. The van der Waals surface area contributed by atoms with Crippen LogP contribution in [0, 0.1) is 9.52 Å². The van der Waals surface area contributed by atoms with Crippen LogP contribution in [-0.4, -0.2) is 17.4 Å². The van der Waals surface area contributed by atoms with E-state index in [0.29, 0.717) is 9.22 Å². The molecule has 0 aliphatic carbocycles. The van der Waals surface area contributed by atoms with Gasteiger partial charge in [0.25, 0.3) is 10.0 Å². The van der Waals surface area contributed by atoms with Gasteiger partial charge in [0, 0.05) is 6.07 Å². The molecule has 0 aliphatic heterocycles. The van der Waals surface area contributed by atoms with Crippen LogP contribution in [0.4, 0.5) is 4.39 Å². The lowest BCUT2D eigenvalue weighted by molar-refractivity contribution is 0.588. The zero-order valence-corrected chi connectivity index (χ0v) is 13.0. The summed E-state index contributed by atoms with van der Waals surface area (Å²) in [5.74, 6) is -0.573. The Morgan fingerprint density at radius 1 is 1.15 bits per heavy atom. The maximum Gasteiger partial charge on any atom is 0.269 e.